The second-order valence-electron chi connectivity index (χ2n) is 10.4. The van der Waals surface area contributed by atoms with Gasteiger partial charge in [0.25, 0.3) is 0 Å². The molecule has 0 bridgehead atoms. The number of aliphatic carboxylic acids is 1. The summed E-state index contributed by atoms with van der Waals surface area (Å²) in [4.78, 5) is 35.5. The number of carbonyl (C=O) groups excluding carboxylic acids is 1. The lowest BCUT2D eigenvalue weighted by Crippen LogP contribution is -2.53. The van der Waals surface area contributed by atoms with Gasteiger partial charge in [-0.3, -0.25) is 4.79 Å². The highest BCUT2D eigenvalue weighted by Crippen LogP contribution is 2.40. The number of rotatable bonds is 11. The van der Waals surface area contributed by atoms with Crippen LogP contribution in [0.3, 0.4) is 0 Å². The number of fused-ring (bicyclic) bond motifs is 1. The summed E-state index contributed by atoms with van der Waals surface area (Å²) in [5.41, 5.74) is 3.89. The lowest BCUT2D eigenvalue weighted by molar-refractivity contribution is -0.204. The molecule has 2 aromatic rings. The van der Waals surface area contributed by atoms with Crippen molar-refractivity contribution in [2.75, 3.05) is 18.5 Å². The van der Waals surface area contributed by atoms with E-state index in [1.165, 1.54) is 10.6 Å². The topological polar surface area (TPSA) is 112 Å². The van der Waals surface area contributed by atoms with Crippen molar-refractivity contribution in [1.82, 2.24) is 10.0 Å². The summed E-state index contributed by atoms with van der Waals surface area (Å²) in [7, 11) is 0. The molecule has 1 atom stereocenters. The van der Waals surface area contributed by atoms with Crippen LogP contribution >= 0.6 is 0 Å². The van der Waals surface area contributed by atoms with E-state index in [0.717, 1.165) is 75.0 Å². The van der Waals surface area contributed by atoms with Crippen molar-refractivity contribution in [3.8, 4) is 0 Å². The van der Waals surface area contributed by atoms with Gasteiger partial charge in [-0.25, -0.2) is 9.78 Å². The molecular formula is C28H35N3O5. The number of carboxylic acid groups (broad SMARTS) is 1. The average molecular weight is 494 g/mol. The molecule has 2 saturated carbocycles. The Morgan fingerprint density at radius 3 is 2.78 bits per heavy atom. The molecular weight excluding hydrogens is 458 g/mol. The first-order chi connectivity index (χ1) is 17.5. The van der Waals surface area contributed by atoms with Crippen LogP contribution in [0, 0.1) is 5.92 Å². The number of nitrogens with one attached hydrogen (secondary N) is 1. The lowest BCUT2D eigenvalue weighted by Gasteiger charge is -2.43. The first-order valence-corrected chi connectivity index (χ1v) is 13.2. The summed E-state index contributed by atoms with van der Waals surface area (Å²) in [6.45, 7) is 0.669. The third kappa shape index (κ3) is 5.71. The minimum atomic E-state index is -1.10. The number of carbonyl (C=O) groups is 2. The number of hydrogen-bond donors (Lipinski definition) is 3. The largest absolute Gasteiger partial charge is 0.480 e. The predicted octanol–water partition coefficient (Wildman–Crippen LogP) is 3.94. The molecule has 3 N–H and O–H groups in total. The zero-order chi connectivity index (χ0) is 25.1. The quantitative estimate of drug-likeness (QED) is 0.404. The summed E-state index contributed by atoms with van der Waals surface area (Å²) >= 11 is 0. The molecule has 1 aromatic carbocycles. The van der Waals surface area contributed by atoms with Gasteiger partial charge in [0.05, 0.1) is 5.56 Å². The molecule has 1 aromatic heterocycles. The van der Waals surface area contributed by atoms with Crippen molar-refractivity contribution in [3.05, 3.63) is 58.8 Å². The number of aliphatic hydroxyl groups excluding tert-OH is 1. The maximum absolute atomic E-state index is 13.0. The number of aryl methyl sites for hydroxylation is 2. The van der Waals surface area contributed by atoms with Gasteiger partial charge in [-0.15, -0.1) is 5.06 Å². The van der Waals surface area contributed by atoms with Gasteiger partial charge in [0, 0.05) is 24.9 Å². The highest BCUT2D eigenvalue weighted by Gasteiger charge is 2.42. The normalized spacial score (nSPS) is 21.7. The third-order valence-electron chi connectivity index (χ3n) is 7.69. The maximum Gasteiger partial charge on any atom is 0.357 e. The number of carboxylic acids is 1. The average Bonchev–Trinajstić information content (AvgIpc) is 3.71. The molecule has 0 amide bonds. The van der Waals surface area contributed by atoms with Gasteiger partial charge >= 0.3 is 11.9 Å². The molecule has 2 heterocycles. The first-order valence-electron chi connectivity index (χ1n) is 13.2. The summed E-state index contributed by atoms with van der Waals surface area (Å²) in [6, 6.07) is 10.4. The smallest absolute Gasteiger partial charge is 0.357 e. The van der Waals surface area contributed by atoms with Crippen LogP contribution in [-0.2, 0) is 22.5 Å². The number of nitrogens with zero attached hydrogens (tertiary/aromatic N) is 2. The van der Waals surface area contributed by atoms with Crippen LogP contribution < -0.4 is 5.32 Å². The van der Waals surface area contributed by atoms with E-state index >= 15 is 0 Å². The Balaban J connectivity index is 1.21. The van der Waals surface area contributed by atoms with Crippen LogP contribution in [0.25, 0.3) is 0 Å². The highest BCUT2D eigenvalue weighted by atomic mass is 16.7. The fourth-order valence-electron chi connectivity index (χ4n) is 5.36. The van der Waals surface area contributed by atoms with Crippen molar-refractivity contribution in [1.29, 1.82) is 0 Å². The Labute approximate surface area is 211 Å². The van der Waals surface area contributed by atoms with Gasteiger partial charge in [-0.1, -0.05) is 18.2 Å². The molecule has 2 fully saturated rings. The fraction of sp³-hybridized carbons (Fsp3) is 0.536. The van der Waals surface area contributed by atoms with Crippen LogP contribution in [0.1, 0.15) is 78.0 Å². The number of aromatic nitrogens is 1. The van der Waals surface area contributed by atoms with Gasteiger partial charge in [-0.05, 0) is 98.9 Å². The molecule has 2 aliphatic carbocycles. The number of anilines is 1. The fourth-order valence-corrected chi connectivity index (χ4v) is 5.36. The van der Waals surface area contributed by atoms with Gasteiger partial charge in [-0.2, -0.15) is 0 Å². The molecule has 8 nitrogen and oxygen atoms in total. The number of hydrogen-bond acceptors (Lipinski definition) is 7. The second kappa shape index (κ2) is 11.0. The molecule has 0 spiro atoms. The van der Waals surface area contributed by atoms with E-state index in [9.17, 15) is 19.8 Å². The van der Waals surface area contributed by atoms with Crippen LogP contribution in [-0.4, -0.2) is 57.4 Å². The summed E-state index contributed by atoms with van der Waals surface area (Å²) in [6.07, 6.45) is 7.76. The van der Waals surface area contributed by atoms with Gasteiger partial charge in [0.15, 0.2) is 0 Å². The highest BCUT2D eigenvalue weighted by molar-refractivity contribution is 5.89. The van der Waals surface area contributed by atoms with E-state index in [2.05, 4.69) is 17.4 Å². The molecule has 192 valence electrons. The van der Waals surface area contributed by atoms with E-state index in [1.54, 1.807) is 6.07 Å². The molecule has 3 aliphatic rings. The van der Waals surface area contributed by atoms with Crippen LogP contribution in [0.15, 0.2) is 36.4 Å². The van der Waals surface area contributed by atoms with E-state index in [4.69, 9.17) is 9.82 Å². The van der Waals surface area contributed by atoms with Crippen molar-refractivity contribution >= 4 is 17.8 Å². The molecule has 5 rings (SSSR count). The predicted molar refractivity (Wildman–Crippen MR) is 135 cm³/mol. The lowest BCUT2D eigenvalue weighted by atomic mass is 9.76. The molecule has 0 saturated heterocycles. The number of aliphatic hydroxyl groups is 1. The Kier molecular flexibility index (Phi) is 7.53. The van der Waals surface area contributed by atoms with E-state index in [0.29, 0.717) is 17.4 Å². The SMILES string of the molecule is O=C(ON(C1CC(CCc2ccc3c(n2)NCCC3)C1)[C@@H](CCO)C(=O)O)c1cccc(C2CC2)c1. The first kappa shape index (κ1) is 24.7. The van der Waals surface area contributed by atoms with Crippen molar-refractivity contribution in [2.45, 2.75) is 75.8 Å². The van der Waals surface area contributed by atoms with E-state index in [1.807, 2.05) is 18.2 Å². The molecule has 1 aliphatic heterocycles. The zero-order valence-corrected chi connectivity index (χ0v) is 20.6. The molecule has 0 unspecified atom stereocenters. The molecule has 36 heavy (non-hydrogen) atoms. The summed E-state index contributed by atoms with van der Waals surface area (Å²) in [5, 5.41) is 24.0. The minimum absolute atomic E-state index is 0.00204. The second-order valence-corrected chi connectivity index (χ2v) is 10.4. The monoisotopic (exact) mass is 493 g/mol. The Bertz CT molecular complexity index is 1100. The Hall–Kier alpha value is -2.97. The van der Waals surface area contributed by atoms with Crippen LogP contribution in [0.2, 0.25) is 0 Å². The van der Waals surface area contributed by atoms with Gasteiger partial charge < -0.3 is 20.4 Å². The standard InChI is InChI=1S/C28H35N3O5/c32-14-12-25(27(33)34)31(36-28(35)22-4-1-3-21(17-22)19-7-8-19)24-15-18(16-24)6-10-23-11-9-20-5-2-13-29-26(20)30-23/h1,3-4,9,11,17-19,24-25,32H,2,5-8,10,12-16H2,(H,29,30)(H,33,34)/t18?,24?,25-/m0/s1. The van der Waals surface area contributed by atoms with Crippen molar-refractivity contribution < 1.29 is 24.6 Å². The maximum atomic E-state index is 13.0. The Morgan fingerprint density at radius 2 is 2.03 bits per heavy atom. The Morgan fingerprint density at radius 1 is 1.19 bits per heavy atom. The number of hydroxylamine groups is 2. The van der Waals surface area contributed by atoms with Crippen LogP contribution in [0.5, 0.6) is 0 Å². The van der Waals surface area contributed by atoms with Crippen LogP contribution in [0.4, 0.5) is 5.82 Å². The number of pyridine rings is 1. The molecule has 8 heteroatoms. The van der Waals surface area contributed by atoms with E-state index in [-0.39, 0.29) is 19.1 Å². The summed E-state index contributed by atoms with van der Waals surface area (Å²) in [5.74, 6) is 0.266. The minimum Gasteiger partial charge on any atom is -0.480 e. The van der Waals surface area contributed by atoms with Gasteiger partial charge in [0.2, 0.25) is 0 Å². The van der Waals surface area contributed by atoms with Gasteiger partial charge in [0.1, 0.15) is 11.9 Å². The van der Waals surface area contributed by atoms with Crippen molar-refractivity contribution in [3.63, 3.8) is 0 Å². The third-order valence-corrected chi connectivity index (χ3v) is 7.69. The summed E-state index contributed by atoms with van der Waals surface area (Å²) < 4.78 is 0. The van der Waals surface area contributed by atoms with Crippen molar-refractivity contribution in [2.24, 2.45) is 5.92 Å². The molecule has 0 radical (unpaired) electrons. The van der Waals surface area contributed by atoms with E-state index < -0.39 is 18.0 Å². The zero-order valence-electron chi connectivity index (χ0n) is 20.6. The number of benzene rings is 1.